The maximum Gasteiger partial charge on any atom is 0.244 e. The summed E-state index contributed by atoms with van der Waals surface area (Å²) < 4.78 is 2.07. The molecule has 1 atom stereocenters. The molecular formula is C27H29N7O. The smallest absolute Gasteiger partial charge is 0.244 e. The first-order valence-corrected chi connectivity index (χ1v) is 11.9. The summed E-state index contributed by atoms with van der Waals surface area (Å²) >= 11 is 0. The second kappa shape index (κ2) is 9.31. The van der Waals surface area contributed by atoms with Gasteiger partial charge in [0.05, 0.1) is 22.6 Å². The first-order valence-electron chi connectivity index (χ1n) is 11.9. The first kappa shape index (κ1) is 22.7. The van der Waals surface area contributed by atoms with Crippen LogP contribution in [-0.2, 0) is 11.3 Å². The Morgan fingerprint density at radius 3 is 2.86 bits per heavy atom. The predicted octanol–water partition coefficient (Wildman–Crippen LogP) is 3.64. The van der Waals surface area contributed by atoms with Crippen LogP contribution < -0.4 is 11.1 Å². The molecule has 5 rings (SSSR count). The number of carbonyl (C=O) groups excluding carboxylic acids is 1. The number of nitrogens with two attached hydrogens (primary N) is 1. The molecule has 8 heteroatoms. The van der Waals surface area contributed by atoms with E-state index in [4.69, 9.17) is 5.73 Å². The SMILES string of the molecule is C=C1c2c(-c3cnc4ccccc4c3)c3c(N)ncnc3n2C[C@H]1NC(=O)C=CCN(CC)CC. The van der Waals surface area contributed by atoms with Crippen LogP contribution >= 0.6 is 0 Å². The first-order chi connectivity index (χ1) is 17.0. The number of para-hydroxylation sites is 1. The fraction of sp³-hybridized carbons (Fsp3) is 0.259. The number of nitrogens with one attached hydrogen (secondary N) is 1. The Morgan fingerprint density at radius 1 is 1.26 bits per heavy atom. The van der Waals surface area contributed by atoms with Crippen LogP contribution in [0.5, 0.6) is 0 Å². The minimum absolute atomic E-state index is 0.138. The molecule has 0 bridgehead atoms. The quantitative estimate of drug-likeness (QED) is 0.403. The number of anilines is 1. The molecule has 0 saturated carbocycles. The van der Waals surface area contributed by atoms with Crippen molar-refractivity contribution in [2.75, 3.05) is 25.4 Å². The Kier molecular flexibility index (Phi) is 6.05. The van der Waals surface area contributed by atoms with Gasteiger partial charge in [0.1, 0.15) is 17.8 Å². The van der Waals surface area contributed by atoms with Crippen molar-refractivity contribution in [2.45, 2.75) is 26.4 Å². The molecule has 8 nitrogen and oxygen atoms in total. The van der Waals surface area contributed by atoms with Gasteiger partial charge in [0.2, 0.25) is 5.91 Å². The van der Waals surface area contributed by atoms with Gasteiger partial charge >= 0.3 is 0 Å². The molecule has 3 N–H and O–H groups in total. The molecule has 1 aliphatic rings. The van der Waals surface area contributed by atoms with E-state index in [0.29, 0.717) is 12.4 Å². The second-order valence-corrected chi connectivity index (χ2v) is 8.68. The number of nitrogen functional groups attached to an aromatic ring is 1. The zero-order valence-corrected chi connectivity index (χ0v) is 20.0. The Morgan fingerprint density at radius 2 is 2.06 bits per heavy atom. The summed E-state index contributed by atoms with van der Waals surface area (Å²) in [5.74, 6) is 0.272. The number of carbonyl (C=O) groups is 1. The van der Waals surface area contributed by atoms with Crippen LogP contribution in [0.25, 0.3) is 38.6 Å². The van der Waals surface area contributed by atoms with E-state index in [-0.39, 0.29) is 11.9 Å². The largest absolute Gasteiger partial charge is 0.383 e. The maximum atomic E-state index is 12.7. The number of hydrogen-bond donors (Lipinski definition) is 2. The fourth-order valence-electron chi connectivity index (χ4n) is 4.79. The zero-order chi connectivity index (χ0) is 24.5. The molecule has 0 unspecified atom stereocenters. The highest BCUT2D eigenvalue weighted by atomic mass is 16.1. The summed E-state index contributed by atoms with van der Waals surface area (Å²) in [4.78, 5) is 28.3. The summed E-state index contributed by atoms with van der Waals surface area (Å²) in [6.07, 6.45) is 6.82. The van der Waals surface area contributed by atoms with Gasteiger partial charge < -0.3 is 20.5 Å². The van der Waals surface area contributed by atoms with E-state index in [9.17, 15) is 4.79 Å². The number of nitrogens with zero attached hydrogens (tertiary/aromatic N) is 5. The molecule has 35 heavy (non-hydrogen) atoms. The lowest BCUT2D eigenvalue weighted by Gasteiger charge is -2.15. The molecule has 0 aliphatic carbocycles. The van der Waals surface area contributed by atoms with Gasteiger partial charge in [-0.2, -0.15) is 0 Å². The molecule has 0 radical (unpaired) electrons. The van der Waals surface area contributed by atoms with Crippen molar-refractivity contribution in [1.29, 1.82) is 0 Å². The Bertz CT molecular complexity index is 1470. The van der Waals surface area contributed by atoms with Crippen molar-refractivity contribution in [3.63, 3.8) is 0 Å². The van der Waals surface area contributed by atoms with Crippen LogP contribution in [0.2, 0.25) is 0 Å². The summed E-state index contributed by atoms with van der Waals surface area (Å²) in [7, 11) is 0. The van der Waals surface area contributed by atoms with Crippen molar-refractivity contribution in [3.8, 4) is 11.1 Å². The van der Waals surface area contributed by atoms with E-state index in [2.05, 4.69) is 56.2 Å². The second-order valence-electron chi connectivity index (χ2n) is 8.68. The number of amides is 1. The third-order valence-corrected chi connectivity index (χ3v) is 6.68. The predicted molar refractivity (Wildman–Crippen MR) is 141 cm³/mol. The van der Waals surface area contributed by atoms with Gasteiger partial charge in [0.15, 0.2) is 0 Å². The van der Waals surface area contributed by atoms with E-state index >= 15 is 0 Å². The molecule has 3 aromatic heterocycles. The Hall–Kier alpha value is -4.04. The monoisotopic (exact) mass is 467 g/mol. The molecule has 1 amide bonds. The Balaban J connectivity index is 1.50. The topological polar surface area (TPSA) is 102 Å². The van der Waals surface area contributed by atoms with Crippen molar-refractivity contribution in [1.82, 2.24) is 29.7 Å². The average Bonchev–Trinajstić information content (AvgIpc) is 3.36. The molecule has 1 aromatic carbocycles. The molecule has 1 aliphatic heterocycles. The third kappa shape index (κ3) is 4.06. The van der Waals surface area contributed by atoms with Gasteiger partial charge in [0, 0.05) is 41.9 Å². The van der Waals surface area contributed by atoms with Gasteiger partial charge in [-0.05, 0) is 30.8 Å². The third-order valence-electron chi connectivity index (χ3n) is 6.68. The molecule has 0 saturated heterocycles. The number of fused-ring (bicyclic) bond motifs is 4. The number of likely N-dealkylation sites (N-methyl/N-ethyl adjacent to an activating group) is 1. The van der Waals surface area contributed by atoms with E-state index in [1.54, 1.807) is 6.08 Å². The maximum absolute atomic E-state index is 12.7. The fourth-order valence-corrected chi connectivity index (χ4v) is 4.79. The number of aromatic nitrogens is 4. The van der Waals surface area contributed by atoms with Crippen LogP contribution in [0, 0.1) is 0 Å². The van der Waals surface area contributed by atoms with Crippen LogP contribution in [0.4, 0.5) is 5.82 Å². The molecule has 178 valence electrons. The number of hydrogen-bond acceptors (Lipinski definition) is 6. The molecule has 0 spiro atoms. The highest BCUT2D eigenvalue weighted by Gasteiger charge is 2.34. The molecular weight excluding hydrogens is 438 g/mol. The molecule has 4 aromatic rings. The number of benzene rings is 1. The normalized spacial score (nSPS) is 15.5. The van der Waals surface area contributed by atoms with Gasteiger partial charge in [0.25, 0.3) is 0 Å². The standard InChI is InChI=1S/C27H29N7O/c1-4-33(5-2)12-8-11-22(35)32-21-15-34-25(17(21)3)23(24-26(28)30-16-31-27(24)34)19-13-18-9-6-7-10-20(18)29-14-19/h6-11,13-14,16,21H,3-5,12,15H2,1-2H3,(H,32,35)(H2,28,30,31)/t21-/m1/s1. The van der Waals surface area contributed by atoms with Crippen LogP contribution in [0.15, 0.2) is 61.6 Å². The minimum atomic E-state index is -0.247. The van der Waals surface area contributed by atoms with E-state index in [1.165, 1.54) is 6.33 Å². The lowest BCUT2D eigenvalue weighted by atomic mass is 9.98. The summed E-state index contributed by atoms with van der Waals surface area (Å²) in [5, 5.41) is 4.91. The number of pyridine rings is 1. The summed E-state index contributed by atoms with van der Waals surface area (Å²) in [6, 6.07) is 9.83. The van der Waals surface area contributed by atoms with E-state index in [1.807, 2.05) is 36.5 Å². The Labute approximate surface area is 204 Å². The van der Waals surface area contributed by atoms with Crippen LogP contribution in [0.1, 0.15) is 19.5 Å². The average molecular weight is 468 g/mol. The summed E-state index contributed by atoms with van der Waals surface area (Å²) in [6.45, 7) is 11.7. The van der Waals surface area contributed by atoms with Gasteiger partial charge in [-0.25, -0.2) is 9.97 Å². The van der Waals surface area contributed by atoms with E-state index < -0.39 is 0 Å². The van der Waals surface area contributed by atoms with Crippen LogP contribution in [-0.4, -0.2) is 56.0 Å². The van der Waals surface area contributed by atoms with Crippen molar-refractivity contribution >= 4 is 39.2 Å². The van der Waals surface area contributed by atoms with Gasteiger partial charge in [-0.15, -0.1) is 0 Å². The number of rotatable bonds is 7. The van der Waals surface area contributed by atoms with Gasteiger partial charge in [-0.3, -0.25) is 9.78 Å². The van der Waals surface area contributed by atoms with Crippen LogP contribution in [0.3, 0.4) is 0 Å². The molecule has 4 heterocycles. The van der Waals surface area contributed by atoms with Crippen molar-refractivity contribution < 1.29 is 4.79 Å². The minimum Gasteiger partial charge on any atom is -0.383 e. The van der Waals surface area contributed by atoms with Gasteiger partial charge in [-0.1, -0.05) is 44.7 Å². The summed E-state index contributed by atoms with van der Waals surface area (Å²) in [5.41, 5.74) is 11.5. The van der Waals surface area contributed by atoms with Crippen molar-refractivity contribution in [3.05, 3.63) is 67.3 Å². The highest BCUT2D eigenvalue weighted by molar-refractivity contribution is 6.08. The highest BCUT2D eigenvalue weighted by Crippen LogP contribution is 2.44. The lowest BCUT2D eigenvalue weighted by Crippen LogP contribution is -2.34. The zero-order valence-electron chi connectivity index (χ0n) is 20.0. The molecule has 0 fully saturated rings. The van der Waals surface area contributed by atoms with Crippen molar-refractivity contribution in [2.24, 2.45) is 0 Å². The van der Waals surface area contributed by atoms with E-state index in [0.717, 1.165) is 64.0 Å². The lowest BCUT2D eigenvalue weighted by molar-refractivity contribution is -0.116.